The molecule has 0 spiro atoms. The van der Waals surface area contributed by atoms with Crippen molar-refractivity contribution in [2.45, 2.75) is 26.8 Å². The van der Waals surface area contributed by atoms with E-state index >= 15 is 0 Å². The number of rotatable bonds is 5. The molecule has 2 rings (SSSR count). The lowest BCUT2D eigenvalue weighted by molar-refractivity contribution is 0.0531. The van der Waals surface area contributed by atoms with Crippen LogP contribution < -0.4 is 5.32 Å². The molecule has 2 aromatic rings. The number of hydrogen-bond acceptors (Lipinski definition) is 5. The Kier molecular flexibility index (Phi) is 5.07. The van der Waals surface area contributed by atoms with Crippen LogP contribution in [0.15, 0.2) is 18.2 Å². The van der Waals surface area contributed by atoms with Gasteiger partial charge in [0.1, 0.15) is 16.5 Å². The zero-order chi connectivity index (χ0) is 16.3. The number of carbonyl (C=O) groups excluding carboxylic acids is 1. The van der Waals surface area contributed by atoms with E-state index in [1.54, 1.807) is 20.8 Å². The number of esters is 1. The van der Waals surface area contributed by atoms with Gasteiger partial charge >= 0.3 is 5.97 Å². The zero-order valence-corrected chi connectivity index (χ0v) is 13.3. The molecule has 0 unspecified atom stereocenters. The Morgan fingerprint density at radius 3 is 2.82 bits per heavy atom. The second-order valence-corrected chi connectivity index (χ2v) is 5.68. The second-order valence-electron chi connectivity index (χ2n) is 4.69. The summed E-state index contributed by atoms with van der Waals surface area (Å²) in [5.74, 6) is -1.67. The van der Waals surface area contributed by atoms with E-state index < -0.39 is 23.6 Å². The van der Waals surface area contributed by atoms with E-state index in [0.29, 0.717) is 21.3 Å². The number of nitrogens with zero attached hydrogens (tertiary/aromatic N) is 1. The quantitative estimate of drug-likeness (QED) is 0.841. The topological polar surface area (TPSA) is 51.2 Å². The molecule has 7 heteroatoms. The van der Waals surface area contributed by atoms with E-state index in [0.717, 1.165) is 17.4 Å². The van der Waals surface area contributed by atoms with E-state index in [1.807, 2.05) is 0 Å². The fourth-order valence-electron chi connectivity index (χ4n) is 1.96. The van der Waals surface area contributed by atoms with Gasteiger partial charge < -0.3 is 10.1 Å². The molecule has 0 amide bonds. The minimum Gasteiger partial charge on any atom is -0.462 e. The van der Waals surface area contributed by atoms with Crippen LogP contribution in [0.25, 0.3) is 0 Å². The number of aryl methyl sites for hydroxylation is 1. The highest BCUT2D eigenvalue weighted by Crippen LogP contribution is 2.28. The van der Waals surface area contributed by atoms with Gasteiger partial charge in [-0.3, -0.25) is 0 Å². The first-order valence-electron chi connectivity index (χ1n) is 6.78. The van der Waals surface area contributed by atoms with Crippen molar-refractivity contribution in [1.29, 1.82) is 0 Å². The first kappa shape index (κ1) is 16.4. The molecule has 1 N–H and O–H groups in total. The molecule has 1 atom stereocenters. The van der Waals surface area contributed by atoms with Crippen LogP contribution in [-0.4, -0.2) is 17.6 Å². The Labute approximate surface area is 131 Å². The first-order valence-corrected chi connectivity index (χ1v) is 7.60. The number of anilines is 1. The third-order valence-corrected chi connectivity index (χ3v) is 4.10. The normalized spacial score (nSPS) is 12.0. The maximum Gasteiger partial charge on any atom is 0.350 e. The Bertz CT molecular complexity index is 688. The number of nitrogens with one attached hydrogen (secondary N) is 1. The third-order valence-electron chi connectivity index (χ3n) is 3.03. The third kappa shape index (κ3) is 3.59. The van der Waals surface area contributed by atoms with Gasteiger partial charge in [-0.1, -0.05) is 17.4 Å². The summed E-state index contributed by atoms with van der Waals surface area (Å²) in [4.78, 5) is 16.4. The summed E-state index contributed by atoms with van der Waals surface area (Å²) in [7, 11) is 0. The number of thiazole rings is 1. The van der Waals surface area contributed by atoms with E-state index in [2.05, 4.69) is 10.3 Å². The van der Waals surface area contributed by atoms with Crippen molar-refractivity contribution in [3.63, 3.8) is 0 Å². The molecule has 0 saturated carbocycles. The van der Waals surface area contributed by atoms with E-state index in [-0.39, 0.29) is 6.61 Å². The predicted molar refractivity (Wildman–Crippen MR) is 81.2 cm³/mol. The second kappa shape index (κ2) is 6.83. The molecule has 1 aromatic heterocycles. The van der Waals surface area contributed by atoms with Crippen LogP contribution in [0.1, 0.15) is 40.8 Å². The molecule has 0 aliphatic rings. The van der Waals surface area contributed by atoms with E-state index in [4.69, 9.17) is 4.74 Å². The summed E-state index contributed by atoms with van der Waals surface area (Å²) in [6, 6.07) is 3.01. The lowest BCUT2D eigenvalue weighted by Gasteiger charge is -2.14. The lowest BCUT2D eigenvalue weighted by atomic mass is 10.1. The van der Waals surface area contributed by atoms with Crippen LogP contribution in [0.5, 0.6) is 0 Å². The van der Waals surface area contributed by atoms with Crippen molar-refractivity contribution >= 4 is 22.4 Å². The summed E-state index contributed by atoms with van der Waals surface area (Å²) in [6.45, 7) is 5.46. The fourth-order valence-corrected chi connectivity index (χ4v) is 2.91. The number of ether oxygens (including phenoxy) is 1. The predicted octanol–water partition coefficient (Wildman–Crippen LogP) is 4.08. The van der Waals surface area contributed by atoms with Gasteiger partial charge in [0.05, 0.1) is 18.3 Å². The minimum absolute atomic E-state index is 0.288. The number of hydrogen-bond donors (Lipinski definition) is 1. The van der Waals surface area contributed by atoms with Crippen LogP contribution >= 0.6 is 11.3 Å². The maximum atomic E-state index is 13.7. The van der Waals surface area contributed by atoms with Crippen LogP contribution in [0.4, 0.5) is 13.9 Å². The monoisotopic (exact) mass is 326 g/mol. The van der Waals surface area contributed by atoms with Crippen molar-refractivity contribution in [1.82, 2.24) is 4.98 Å². The van der Waals surface area contributed by atoms with Crippen molar-refractivity contribution in [2.24, 2.45) is 0 Å². The van der Waals surface area contributed by atoms with Gasteiger partial charge in [0, 0.05) is 11.6 Å². The zero-order valence-electron chi connectivity index (χ0n) is 12.4. The Balaban J connectivity index is 2.16. The fraction of sp³-hybridized carbons (Fsp3) is 0.333. The minimum atomic E-state index is -0.626. The van der Waals surface area contributed by atoms with E-state index in [9.17, 15) is 13.6 Å². The van der Waals surface area contributed by atoms with Gasteiger partial charge in [0.2, 0.25) is 0 Å². The standard InChI is InChI=1S/C15H16F2N2O2S/c1-4-21-14(20)13-9(3)19-15(22-13)18-8(2)11-6-5-10(16)7-12(11)17/h5-8H,4H2,1-3H3,(H,18,19)/t8-/m1/s1. The average Bonchev–Trinajstić information content (AvgIpc) is 2.79. The maximum absolute atomic E-state index is 13.7. The highest BCUT2D eigenvalue weighted by molar-refractivity contribution is 7.17. The largest absolute Gasteiger partial charge is 0.462 e. The number of carbonyl (C=O) groups is 1. The van der Waals surface area contributed by atoms with Gasteiger partial charge in [-0.15, -0.1) is 0 Å². The first-order chi connectivity index (χ1) is 10.4. The number of benzene rings is 1. The molecule has 0 bridgehead atoms. The van der Waals surface area contributed by atoms with Crippen molar-refractivity contribution in [3.8, 4) is 0 Å². The number of aromatic nitrogens is 1. The summed E-state index contributed by atoms with van der Waals surface area (Å²) in [6.07, 6.45) is 0. The van der Waals surface area contributed by atoms with Crippen LogP contribution in [0.2, 0.25) is 0 Å². The summed E-state index contributed by atoms with van der Waals surface area (Å²) in [5, 5.41) is 3.50. The smallest absolute Gasteiger partial charge is 0.350 e. The van der Waals surface area contributed by atoms with Crippen molar-refractivity contribution in [3.05, 3.63) is 46.0 Å². The Hall–Kier alpha value is -2.02. The molecule has 1 aromatic carbocycles. The number of halogens is 2. The lowest BCUT2D eigenvalue weighted by Crippen LogP contribution is -2.08. The SMILES string of the molecule is CCOC(=O)c1sc(N[C@H](C)c2ccc(F)cc2F)nc1C. The molecule has 0 saturated heterocycles. The molecule has 118 valence electrons. The molecule has 0 fully saturated rings. The Morgan fingerprint density at radius 1 is 1.45 bits per heavy atom. The van der Waals surface area contributed by atoms with Gasteiger partial charge in [-0.05, 0) is 26.8 Å². The molecule has 22 heavy (non-hydrogen) atoms. The highest BCUT2D eigenvalue weighted by Gasteiger charge is 2.18. The highest BCUT2D eigenvalue weighted by atomic mass is 32.1. The molecular weight excluding hydrogens is 310 g/mol. The Morgan fingerprint density at radius 2 is 2.18 bits per heavy atom. The summed E-state index contributed by atoms with van der Waals surface area (Å²) in [5.41, 5.74) is 0.879. The molecule has 4 nitrogen and oxygen atoms in total. The summed E-state index contributed by atoms with van der Waals surface area (Å²) >= 11 is 1.15. The molecule has 0 aliphatic heterocycles. The van der Waals surface area contributed by atoms with Gasteiger partial charge in [0.25, 0.3) is 0 Å². The van der Waals surface area contributed by atoms with Crippen LogP contribution in [-0.2, 0) is 4.74 Å². The van der Waals surface area contributed by atoms with Gasteiger partial charge in [-0.25, -0.2) is 18.6 Å². The molecule has 0 aliphatic carbocycles. The molecule has 1 heterocycles. The van der Waals surface area contributed by atoms with Crippen molar-refractivity contribution < 1.29 is 18.3 Å². The van der Waals surface area contributed by atoms with E-state index in [1.165, 1.54) is 12.1 Å². The van der Waals surface area contributed by atoms with Crippen molar-refractivity contribution in [2.75, 3.05) is 11.9 Å². The molecule has 0 radical (unpaired) electrons. The van der Waals surface area contributed by atoms with Crippen LogP contribution in [0.3, 0.4) is 0 Å². The van der Waals surface area contributed by atoms with Crippen LogP contribution in [0, 0.1) is 18.6 Å². The molecular formula is C15H16F2N2O2S. The average molecular weight is 326 g/mol. The van der Waals surface area contributed by atoms with Gasteiger partial charge in [0.15, 0.2) is 5.13 Å². The van der Waals surface area contributed by atoms with Gasteiger partial charge in [-0.2, -0.15) is 0 Å². The summed E-state index contributed by atoms with van der Waals surface area (Å²) < 4.78 is 31.6.